The standard InChI is InChI=1S/C12H22N2/c1-3-5-6-7-8-9-11-14-12-13-10-4-2/h4H,2-3,5-11H2,1H3. The van der Waals surface area contributed by atoms with E-state index in [9.17, 15) is 0 Å². The van der Waals surface area contributed by atoms with Gasteiger partial charge in [-0.1, -0.05) is 45.1 Å². The van der Waals surface area contributed by atoms with Gasteiger partial charge in [0.15, 0.2) is 0 Å². The van der Waals surface area contributed by atoms with E-state index in [1.54, 1.807) is 6.08 Å². The second kappa shape index (κ2) is 12.1. The second-order valence-corrected chi connectivity index (χ2v) is 3.38. The number of hydrogen-bond acceptors (Lipinski definition) is 2. The molecule has 14 heavy (non-hydrogen) atoms. The summed E-state index contributed by atoms with van der Waals surface area (Å²) >= 11 is 0. The van der Waals surface area contributed by atoms with Crippen LogP contribution in [0.4, 0.5) is 0 Å². The number of aliphatic imine (C=N–C) groups is 2. The first-order chi connectivity index (χ1) is 6.91. The lowest BCUT2D eigenvalue weighted by molar-refractivity contribution is 0.612. The van der Waals surface area contributed by atoms with Crippen LogP contribution in [0.15, 0.2) is 22.6 Å². The van der Waals surface area contributed by atoms with Crippen LogP contribution in [0.25, 0.3) is 0 Å². The minimum absolute atomic E-state index is 0.625. The van der Waals surface area contributed by atoms with Gasteiger partial charge < -0.3 is 0 Å². The van der Waals surface area contributed by atoms with Gasteiger partial charge in [0.1, 0.15) is 0 Å². The molecule has 0 bridgehead atoms. The van der Waals surface area contributed by atoms with Crippen LogP contribution < -0.4 is 0 Å². The molecule has 0 saturated heterocycles. The number of unbranched alkanes of at least 4 members (excludes halogenated alkanes) is 5. The summed E-state index contributed by atoms with van der Waals surface area (Å²) in [4.78, 5) is 7.96. The third-order valence-corrected chi connectivity index (χ3v) is 1.99. The van der Waals surface area contributed by atoms with Gasteiger partial charge in [-0.05, 0) is 6.42 Å². The Morgan fingerprint density at radius 3 is 2.50 bits per heavy atom. The largest absolute Gasteiger partial charge is 0.226 e. The van der Waals surface area contributed by atoms with Crippen molar-refractivity contribution < 1.29 is 0 Å². The van der Waals surface area contributed by atoms with Crippen molar-refractivity contribution in [2.45, 2.75) is 45.4 Å². The molecule has 2 heteroatoms. The zero-order chi connectivity index (χ0) is 10.5. The Balaban J connectivity index is 3.12. The van der Waals surface area contributed by atoms with Crippen LogP contribution in [0.3, 0.4) is 0 Å². The first-order valence-corrected chi connectivity index (χ1v) is 5.60. The molecule has 0 spiro atoms. The Labute approximate surface area is 87.9 Å². The lowest BCUT2D eigenvalue weighted by atomic mass is 10.1. The molecule has 0 aliphatic carbocycles. The van der Waals surface area contributed by atoms with E-state index in [4.69, 9.17) is 0 Å². The highest BCUT2D eigenvalue weighted by molar-refractivity contribution is 5.41. The summed E-state index contributed by atoms with van der Waals surface area (Å²) in [5.74, 6) is 0. The molecule has 0 unspecified atom stereocenters. The topological polar surface area (TPSA) is 24.7 Å². The van der Waals surface area contributed by atoms with E-state index >= 15 is 0 Å². The fraction of sp³-hybridized carbons (Fsp3) is 0.750. The van der Waals surface area contributed by atoms with Gasteiger partial charge in [-0.15, -0.1) is 6.58 Å². The molecule has 0 aliphatic rings. The number of nitrogens with zero attached hydrogens (tertiary/aromatic N) is 2. The molecular weight excluding hydrogens is 172 g/mol. The van der Waals surface area contributed by atoms with E-state index in [1.165, 1.54) is 38.5 Å². The molecule has 0 aromatic carbocycles. The van der Waals surface area contributed by atoms with Gasteiger partial charge in [-0.3, -0.25) is 0 Å². The van der Waals surface area contributed by atoms with Crippen molar-refractivity contribution >= 4 is 6.01 Å². The van der Waals surface area contributed by atoms with Gasteiger partial charge >= 0.3 is 0 Å². The molecule has 0 saturated carbocycles. The maximum Gasteiger partial charge on any atom is 0.0895 e. The van der Waals surface area contributed by atoms with Crippen molar-refractivity contribution in [1.82, 2.24) is 0 Å². The Morgan fingerprint density at radius 2 is 1.79 bits per heavy atom. The summed E-state index contributed by atoms with van der Waals surface area (Å²) in [5.41, 5.74) is 0. The maximum atomic E-state index is 4.06. The fourth-order valence-corrected chi connectivity index (χ4v) is 1.18. The zero-order valence-corrected chi connectivity index (χ0v) is 9.34. The van der Waals surface area contributed by atoms with E-state index in [0.717, 1.165) is 6.54 Å². The monoisotopic (exact) mass is 194 g/mol. The Morgan fingerprint density at radius 1 is 1.07 bits per heavy atom. The molecule has 0 amide bonds. The highest BCUT2D eigenvalue weighted by Crippen LogP contribution is 2.04. The van der Waals surface area contributed by atoms with E-state index in [-0.39, 0.29) is 0 Å². The summed E-state index contributed by atoms with van der Waals surface area (Å²) in [6.07, 6.45) is 9.58. The van der Waals surface area contributed by atoms with Gasteiger partial charge in [-0.2, -0.15) is 0 Å². The summed E-state index contributed by atoms with van der Waals surface area (Å²) < 4.78 is 0. The number of hydrogen-bond donors (Lipinski definition) is 0. The van der Waals surface area contributed by atoms with Crippen molar-refractivity contribution in [3.8, 4) is 0 Å². The lowest BCUT2D eigenvalue weighted by Crippen LogP contribution is -1.82. The molecule has 2 nitrogen and oxygen atoms in total. The predicted octanol–water partition coefficient (Wildman–Crippen LogP) is 3.71. The fourth-order valence-electron chi connectivity index (χ4n) is 1.18. The smallest absolute Gasteiger partial charge is 0.0895 e. The van der Waals surface area contributed by atoms with Crippen LogP contribution in [0.5, 0.6) is 0 Å². The highest BCUT2D eigenvalue weighted by Gasteiger charge is 1.87. The minimum atomic E-state index is 0.625. The zero-order valence-electron chi connectivity index (χ0n) is 9.34. The molecule has 0 atom stereocenters. The normalized spacial score (nSPS) is 9.21. The molecule has 0 N–H and O–H groups in total. The molecule has 0 heterocycles. The molecule has 0 aromatic rings. The number of rotatable bonds is 9. The lowest BCUT2D eigenvalue weighted by Gasteiger charge is -1.96. The third kappa shape index (κ3) is 11.1. The Bertz CT molecular complexity index is 179. The van der Waals surface area contributed by atoms with Gasteiger partial charge in [0.2, 0.25) is 0 Å². The molecule has 0 radical (unpaired) electrons. The quantitative estimate of drug-likeness (QED) is 0.304. The van der Waals surface area contributed by atoms with Crippen molar-refractivity contribution in [3.05, 3.63) is 12.7 Å². The molecule has 0 rings (SSSR count). The van der Waals surface area contributed by atoms with Gasteiger partial charge in [0.05, 0.1) is 12.6 Å². The first-order valence-electron chi connectivity index (χ1n) is 5.60. The third-order valence-electron chi connectivity index (χ3n) is 1.99. The average molecular weight is 194 g/mol. The van der Waals surface area contributed by atoms with Crippen molar-refractivity contribution in [2.75, 3.05) is 13.1 Å². The van der Waals surface area contributed by atoms with Crippen LogP contribution in [-0.4, -0.2) is 19.1 Å². The summed E-state index contributed by atoms with van der Waals surface area (Å²) in [6, 6.07) is 2.67. The first kappa shape index (κ1) is 13.1. The Kier molecular flexibility index (Phi) is 11.4. The minimum Gasteiger partial charge on any atom is -0.226 e. The predicted molar refractivity (Wildman–Crippen MR) is 63.2 cm³/mol. The van der Waals surface area contributed by atoms with Crippen LogP contribution >= 0.6 is 0 Å². The SMILES string of the molecule is C=CCN=C=NCCCCCCCC. The van der Waals surface area contributed by atoms with E-state index in [0.29, 0.717) is 6.54 Å². The summed E-state index contributed by atoms with van der Waals surface area (Å²) in [6.45, 7) is 7.29. The van der Waals surface area contributed by atoms with Gasteiger partial charge in [0, 0.05) is 6.54 Å². The van der Waals surface area contributed by atoms with E-state index in [2.05, 4.69) is 29.5 Å². The van der Waals surface area contributed by atoms with Gasteiger partial charge in [-0.25, -0.2) is 9.98 Å². The Hall–Kier alpha value is -0.880. The van der Waals surface area contributed by atoms with Crippen LogP contribution in [0.2, 0.25) is 0 Å². The van der Waals surface area contributed by atoms with Gasteiger partial charge in [0.25, 0.3) is 0 Å². The van der Waals surface area contributed by atoms with Crippen molar-refractivity contribution in [1.29, 1.82) is 0 Å². The molecule has 80 valence electrons. The van der Waals surface area contributed by atoms with Crippen LogP contribution in [0.1, 0.15) is 45.4 Å². The van der Waals surface area contributed by atoms with Crippen molar-refractivity contribution in [2.24, 2.45) is 9.98 Å². The average Bonchev–Trinajstić information content (AvgIpc) is 2.21. The summed E-state index contributed by atoms with van der Waals surface area (Å²) in [5, 5.41) is 0. The second-order valence-electron chi connectivity index (χ2n) is 3.38. The molecule has 0 fully saturated rings. The van der Waals surface area contributed by atoms with E-state index < -0.39 is 0 Å². The van der Waals surface area contributed by atoms with E-state index in [1.807, 2.05) is 0 Å². The summed E-state index contributed by atoms with van der Waals surface area (Å²) in [7, 11) is 0. The molecule has 0 aliphatic heterocycles. The molecular formula is C12H22N2. The maximum absolute atomic E-state index is 4.06. The highest BCUT2D eigenvalue weighted by atomic mass is 14.8. The molecule has 0 aromatic heterocycles. The van der Waals surface area contributed by atoms with Crippen LogP contribution in [-0.2, 0) is 0 Å². The van der Waals surface area contributed by atoms with Crippen molar-refractivity contribution in [3.63, 3.8) is 0 Å². The van der Waals surface area contributed by atoms with Crippen LogP contribution in [0, 0.1) is 0 Å².